The van der Waals surface area contributed by atoms with Crippen LogP contribution in [0.3, 0.4) is 0 Å². The van der Waals surface area contributed by atoms with Crippen LogP contribution in [0.4, 0.5) is 10.2 Å². The minimum atomic E-state index is -0.510. The van der Waals surface area contributed by atoms with Crippen molar-refractivity contribution in [2.75, 3.05) is 5.73 Å². The number of hydrogen-bond donors (Lipinski definition) is 1. The maximum atomic E-state index is 13.8. The third-order valence-corrected chi connectivity index (χ3v) is 2.38. The fraction of sp³-hybridized carbons (Fsp3) is 0.222. The van der Waals surface area contributed by atoms with Crippen molar-refractivity contribution in [1.29, 1.82) is 0 Å². The van der Waals surface area contributed by atoms with Gasteiger partial charge in [0, 0.05) is 0 Å². The molecule has 0 amide bonds. The molecule has 16 heavy (non-hydrogen) atoms. The maximum absolute atomic E-state index is 13.8. The average molecular weight is 242 g/mol. The summed E-state index contributed by atoms with van der Waals surface area (Å²) in [5.41, 5.74) is 5.80. The molecule has 2 aromatic rings. The Labute approximate surface area is 96.1 Å². The number of hydrogen-bond acceptors (Lipinski definition) is 4. The van der Waals surface area contributed by atoms with Gasteiger partial charge in [0.2, 0.25) is 0 Å². The first kappa shape index (κ1) is 10.8. The monoisotopic (exact) mass is 241 g/mol. The van der Waals surface area contributed by atoms with Gasteiger partial charge in [-0.2, -0.15) is 0 Å². The van der Waals surface area contributed by atoms with Gasteiger partial charge in [0.1, 0.15) is 11.3 Å². The SMILES string of the molecule is CCc1ncnc(-n2cc(Cl)c(N)n2)c1F. The highest BCUT2D eigenvalue weighted by Crippen LogP contribution is 2.19. The molecule has 0 aliphatic heterocycles. The molecule has 0 aliphatic rings. The third kappa shape index (κ3) is 1.71. The van der Waals surface area contributed by atoms with Crippen LogP contribution in [0.5, 0.6) is 0 Å². The van der Waals surface area contributed by atoms with Crippen molar-refractivity contribution < 1.29 is 4.39 Å². The molecule has 0 saturated heterocycles. The lowest BCUT2D eigenvalue weighted by Gasteiger charge is -2.03. The quantitative estimate of drug-likeness (QED) is 0.867. The highest BCUT2D eigenvalue weighted by Gasteiger charge is 2.13. The molecule has 7 heteroatoms. The largest absolute Gasteiger partial charge is 0.381 e. The van der Waals surface area contributed by atoms with Gasteiger partial charge in [0.05, 0.1) is 11.9 Å². The van der Waals surface area contributed by atoms with Crippen LogP contribution in [0.1, 0.15) is 12.6 Å². The first-order valence-corrected chi connectivity index (χ1v) is 5.01. The van der Waals surface area contributed by atoms with E-state index in [1.807, 2.05) is 0 Å². The second-order valence-electron chi connectivity index (χ2n) is 3.12. The summed E-state index contributed by atoms with van der Waals surface area (Å²) in [4.78, 5) is 7.63. The van der Waals surface area contributed by atoms with Crippen LogP contribution < -0.4 is 5.73 Å². The van der Waals surface area contributed by atoms with Gasteiger partial charge in [-0.15, -0.1) is 5.10 Å². The van der Waals surface area contributed by atoms with Crippen molar-refractivity contribution >= 4 is 17.4 Å². The Hall–Kier alpha value is -1.69. The Morgan fingerprint density at radius 2 is 2.25 bits per heavy atom. The fourth-order valence-corrected chi connectivity index (χ4v) is 1.41. The Morgan fingerprint density at radius 3 is 2.81 bits per heavy atom. The number of rotatable bonds is 2. The number of aryl methyl sites for hydroxylation is 1. The zero-order valence-electron chi connectivity index (χ0n) is 8.48. The predicted octanol–water partition coefficient (Wildman–Crippen LogP) is 1.60. The molecular formula is C9H9ClFN5. The van der Waals surface area contributed by atoms with Gasteiger partial charge in [-0.05, 0) is 6.42 Å². The Balaban J connectivity index is 2.55. The van der Waals surface area contributed by atoms with Crippen molar-refractivity contribution in [3.05, 3.63) is 29.1 Å². The second-order valence-corrected chi connectivity index (χ2v) is 3.53. The van der Waals surface area contributed by atoms with Gasteiger partial charge >= 0.3 is 0 Å². The lowest BCUT2D eigenvalue weighted by molar-refractivity contribution is 0.574. The molecule has 5 nitrogen and oxygen atoms in total. The number of nitrogens with zero attached hydrogens (tertiary/aromatic N) is 4. The summed E-state index contributed by atoms with van der Waals surface area (Å²) in [5, 5.41) is 4.11. The molecule has 0 radical (unpaired) electrons. The zero-order valence-corrected chi connectivity index (χ0v) is 9.24. The van der Waals surface area contributed by atoms with E-state index in [4.69, 9.17) is 17.3 Å². The molecule has 0 spiro atoms. The van der Waals surface area contributed by atoms with E-state index in [-0.39, 0.29) is 16.7 Å². The standard InChI is InChI=1S/C9H9ClFN5/c1-2-6-7(11)9(14-4-13-6)16-3-5(10)8(12)15-16/h3-4H,2H2,1H3,(H2,12,15). The van der Waals surface area contributed by atoms with E-state index in [2.05, 4.69) is 15.1 Å². The van der Waals surface area contributed by atoms with Gasteiger partial charge in [-0.3, -0.25) is 0 Å². The van der Waals surface area contributed by atoms with Crippen molar-refractivity contribution in [3.63, 3.8) is 0 Å². The van der Waals surface area contributed by atoms with Gasteiger partial charge in [-0.1, -0.05) is 18.5 Å². The van der Waals surface area contributed by atoms with Crippen LogP contribution >= 0.6 is 11.6 Å². The minimum Gasteiger partial charge on any atom is -0.381 e. The van der Waals surface area contributed by atoms with Crippen molar-refractivity contribution in [3.8, 4) is 5.82 Å². The molecule has 2 heterocycles. The molecule has 0 bridgehead atoms. The summed E-state index contributed by atoms with van der Waals surface area (Å²) in [6.45, 7) is 1.81. The summed E-state index contributed by atoms with van der Waals surface area (Å²) >= 11 is 5.73. The Morgan fingerprint density at radius 1 is 1.50 bits per heavy atom. The highest BCUT2D eigenvalue weighted by molar-refractivity contribution is 6.32. The zero-order chi connectivity index (χ0) is 11.7. The van der Waals surface area contributed by atoms with Crippen LogP contribution in [-0.2, 0) is 6.42 Å². The topological polar surface area (TPSA) is 69.6 Å². The summed E-state index contributed by atoms with van der Waals surface area (Å²) in [6.07, 6.45) is 3.16. The summed E-state index contributed by atoms with van der Waals surface area (Å²) in [6, 6.07) is 0. The fourth-order valence-electron chi connectivity index (χ4n) is 1.28. The predicted molar refractivity (Wildman–Crippen MR) is 57.9 cm³/mol. The van der Waals surface area contributed by atoms with Gasteiger partial charge in [-0.25, -0.2) is 19.0 Å². The van der Waals surface area contributed by atoms with E-state index in [1.54, 1.807) is 6.92 Å². The van der Waals surface area contributed by atoms with Gasteiger partial charge < -0.3 is 5.73 Å². The minimum absolute atomic E-state index is 0.0467. The molecule has 0 unspecified atom stereocenters. The van der Waals surface area contributed by atoms with E-state index < -0.39 is 5.82 Å². The molecule has 0 atom stereocenters. The highest BCUT2D eigenvalue weighted by atomic mass is 35.5. The molecule has 0 aliphatic carbocycles. The van der Waals surface area contributed by atoms with Gasteiger partial charge in [0.25, 0.3) is 0 Å². The van der Waals surface area contributed by atoms with Crippen LogP contribution in [0.25, 0.3) is 5.82 Å². The normalized spacial score (nSPS) is 10.7. The first-order valence-electron chi connectivity index (χ1n) is 4.63. The van der Waals surface area contributed by atoms with E-state index in [9.17, 15) is 4.39 Å². The van der Waals surface area contributed by atoms with Crippen molar-refractivity contribution in [2.45, 2.75) is 13.3 Å². The Bertz CT molecular complexity index is 505. The lowest BCUT2D eigenvalue weighted by Crippen LogP contribution is -2.06. The molecule has 0 fully saturated rings. The summed E-state index contributed by atoms with van der Waals surface area (Å²) in [5.74, 6) is -0.327. The van der Waals surface area contributed by atoms with Crippen LogP contribution in [-0.4, -0.2) is 19.7 Å². The van der Waals surface area contributed by atoms with Crippen molar-refractivity contribution in [2.24, 2.45) is 0 Å². The van der Waals surface area contributed by atoms with E-state index >= 15 is 0 Å². The van der Waals surface area contributed by atoms with Crippen LogP contribution in [0.2, 0.25) is 5.02 Å². The first-order chi connectivity index (χ1) is 7.63. The number of aromatic nitrogens is 4. The molecular weight excluding hydrogens is 233 g/mol. The molecule has 2 aromatic heterocycles. The lowest BCUT2D eigenvalue weighted by atomic mass is 10.3. The average Bonchev–Trinajstić information content (AvgIpc) is 2.59. The van der Waals surface area contributed by atoms with E-state index in [0.717, 1.165) is 0 Å². The molecule has 0 saturated carbocycles. The number of halogens is 2. The number of nitrogen functional groups attached to an aromatic ring is 1. The van der Waals surface area contributed by atoms with E-state index in [0.29, 0.717) is 12.1 Å². The smallest absolute Gasteiger partial charge is 0.193 e. The van der Waals surface area contributed by atoms with Crippen LogP contribution in [0, 0.1) is 5.82 Å². The Kier molecular flexibility index (Phi) is 2.74. The van der Waals surface area contributed by atoms with Crippen molar-refractivity contribution in [1.82, 2.24) is 19.7 Å². The summed E-state index contributed by atoms with van der Waals surface area (Å²) < 4.78 is 15.0. The van der Waals surface area contributed by atoms with E-state index in [1.165, 1.54) is 17.2 Å². The summed E-state index contributed by atoms with van der Waals surface area (Å²) in [7, 11) is 0. The van der Waals surface area contributed by atoms with Gasteiger partial charge in [0.15, 0.2) is 17.5 Å². The number of nitrogens with two attached hydrogens (primary N) is 1. The second kappa shape index (κ2) is 4.05. The molecule has 2 N–H and O–H groups in total. The molecule has 84 valence electrons. The van der Waals surface area contributed by atoms with Crippen LogP contribution in [0.15, 0.2) is 12.5 Å². The number of anilines is 1. The third-order valence-electron chi connectivity index (χ3n) is 2.09. The molecule has 2 rings (SSSR count). The molecule has 0 aromatic carbocycles. The maximum Gasteiger partial charge on any atom is 0.193 e.